The van der Waals surface area contributed by atoms with Gasteiger partial charge in [-0.15, -0.1) is 0 Å². The minimum absolute atomic E-state index is 0.0306. The Kier molecular flexibility index (Phi) is 4.81. The van der Waals surface area contributed by atoms with Crippen molar-refractivity contribution >= 4 is 23.8 Å². The maximum Gasteiger partial charge on any atom is 0.344 e. The number of hydrogen-bond donors (Lipinski definition) is 1. The Morgan fingerprint density at radius 2 is 1.86 bits per heavy atom. The SMILES string of the molecule is CCOC(=O)c1c(-c2ccccc2)nn2c(=S)n(-c3ccc(F)cc3)c(=O)[nH]c12. The number of aromatic amines is 1. The molecule has 0 aliphatic heterocycles. The lowest BCUT2D eigenvalue weighted by molar-refractivity contribution is 0.0529. The molecule has 7 nitrogen and oxygen atoms in total. The largest absolute Gasteiger partial charge is 0.462 e. The van der Waals surface area contributed by atoms with Crippen LogP contribution in [0.25, 0.3) is 22.6 Å². The fourth-order valence-corrected chi connectivity index (χ4v) is 3.34. The standard InChI is InChI=1S/C20H15FN4O3S/c1-2-28-18(26)15-16(12-6-4-3-5-7-12)23-25-17(15)22-19(27)24(20(25)29)14-10-8-13(21)9-11-14/h3-11H,2H2,1H3,(H,22,27). The fraction of sp³-hybridized carbons (Fsp3) is 0.100. The molecule has 146 valence electrons. The first-order chi connectivity index (χ1) is 14.0. The summed E-state index contributed by atoms with van der Waals surface area (Å²) >= 11 is 5.47. The van der Waals surface area contributed by atoms with Crippen LogP contribution < -0.4 is 5.69 Å². The molecule has 2 heterocycles. The number of ether oxygens (including phenoxy) is 1. The van der Waals surface area contributed by atoms with Crippen molar-refractivity contribution in [2.45, 2.75) is 6.92 Å². The molecule has 2 aromatic carbocycles. The zero-order valence-electron chi connectivity index (χ0n) is 15.3. The Labute approximate surface area is 169 Å². The normalized spacial score (nSPS) is 11.0. The number of nitrogens with zero attached hydrogens (tertiary/aromatic N) is 3. The molecule has 0 saturated carbocycles. The van der Waals surface area contributed by atoms with Crippen molar-refractivity contribution in [3.8, 4) is 16.9 Å². The van der Waals surface area contributed by atoms with Crippen molar-refractivity contribution in [2.24, 2.45) is 0 Å². The number of benzene rings is 2. The smallest absolute Gasteiger partial charge is 0.344 e. The van der Waals surface area contributed by atoms with Crippen LogP contribution in [0.15, 0.2) is 59.4 Å². The van der Waals surface area contributed by atoms with E-state index in [0.717, 1.165) is 0 Å². The number of H-pyrrole nitrogens is 1. The number of aromatic nitrogens is 4. The van der Waals surface area contributed by atoms with Crippen LogP contribution in [-0.2, 0) is 4.74 Å². The van der Waals surface area contributed by atoms with Gasteiger partial charge < -0.3 is 4.74 Å². The molecule has 0 saturated heterocycles. The minimum atomic E-state index is -0.620. The Hall–Kier alpha value is -3.59. The number of halogens is 1. The number of esters is 1. The summed E-state index contributed by atoms with van der Waals surface area (Å²) < 4.78 is 20.9. The van der Waals surface area contributed by atoms with Crippen molar-refractivity contribution in [1.82, 2.24) is 19.2 Å². The van der Waals surface area contributed by atoms with E-state index in [1.165, 1.54) is 33.3 Å². The van der Waals surface area contributed by atoms with E-state index in [9.17, 15) is 14.0 Å². The number of carbonyl (C=O) groups excluding carboxylic acids is 1. The lowest BCUT2D eigenvalue weighted by atomic mass is 10.1. The highest BCUT2D eigenvalue weighted by molar-refractivity contribution is 7.71. The quantitative estimate of drug-likeness (QED) is 0.411. The predicted molar refractivity (Wildman–Crippen MR) is 107 cm³/mol. The third-order valence-corrected chi connectivity index (χ3v) is 4.65. The average Bonchev–Trinajstić information content (AvgIpc) is 3.10. The summed E-state index contributed by atoms with van der Waals surface area (Å²) in [5.41, 5.74) is 1.04. The number of rotatable bonds is 4. The fourth-order valence-electron chi connectivity index (χ4n) is 3.02. The maximum atomic E-state index is 13.3. The van der Waals surface area contributed by atoms with E-state index in [0.29, 0.717) is 16.9 Å². The van der Waals surface area contributed by atoms with Gasteiger partial charge in [0, 0.05) is 5.56 Å². The van der Waals surface area contributed by atoms with Gasteiger partial charge in [0.25, 0.3) is 0 Å². The molecule has 0 aliphatic carbocycles. The number of carbonyl (C=O) groups is 1. The summed E-state index contributed by atoms with van der Waals surface area (Å²) in [5.74, 6) is -1.06. The molecule has 29 heavy (non-hydrogen) atoms. The van der Waals surface area contributed by atoms with Crippen LogP contribution in [-0.4, -0.2) is 31.7 Å². The molecule has 4 aromatic rings. The zero-order chi connectivity index (χ0) is 20.5. The molecule has 9 heteroatoms. The summed E-state index contributed by atoms with van der Waals surface area (Å²) in [6, 6.07) is 14.4. The zero-order valence-corrected chi connectivity index (χ0v) is 16.1. The van der Waals surface area contributed by atoms with Gasteiger partial charge in [-0.2, -0.15) is 9.61 Å². The first kappa shape index (κ1) is 18.8. The summed E-state index contributed by atoms with van der Waals surface area (Å²) in [6.07, 6.45) is 0. The summed E-state index contributed by atoms with van der Waals surface area (Å²) in [7, 11) is 0. The van der Waals surface area contributed by atoms with E-state index in [1.54, 1.807) is 19.1 Å². The third-order valence-electron chi connectivity index (χ3n) is 4.30. The van der Waals surface area contributed by atoms with Gasteiger partial charge in [0.1, 0.15) is 17.1 Å². The van der Waals surface area contributed by atoms with E-state index >= 15 is 0 Å². The average molecular weight is 410 g/mol. The molecule has 0 radical (unpaired) electrons. The van der Waals surface area contributed by atoms with E-state index in [2.05, 4.69) is 10.1 Å². The van der Waals surface area contributed by atoms with Crippen molar-refractivity contribution in [2.75, 3.05) is 6.61 Å². The minimum Gasteiger partial charge on any atom is -0.462 e. The van der Waals surface area contributed by atoms with Crippen molar-refractivity contribution < 1.29 is 13.9 Å². The van der Waals surface area contributed by atoms with Gasteiger partial charge in [-0.25, -0.2) is 18.5 Å². The van der Waals surface area contributed by atoms with Gasteiger partial charge in [0.15, 0.2) is 5.65 Å². The second-order valence-electron chi connectivity index (χ2n) is 6.10. The Morgan fingerprint density at radius 3 is 2.52 bits per heavy atom. The third kappa shape index (κ3) is 3.25. The van der Waals surface area contributed by atoms with Gasteiger partial charge in [0.2, 0.25) is 4.77 Å². The van der Waals surface area contributed by atoms with Crippen molar-refractivity contribution in [3.05, 3.63) is 81.2 Å². The first-order valence-electron chi connectivity index (χ1n) is 8.77. The van der Waals surface area contributed by atoms with Gasteiger partial charge >= 0.3 is 11.7 Å². The van der Waals surface area contributed by atoms with Gasteiger partial charge in [-0.05, 0) is 43.4 Å². The molecule has 0 spiro atoms. The number of hydrogen-bond acceptors (Lipinski definition) is 5. The van der Waals surface area contributed by atoms with E-state index in [1.807, 2.05) is 18.2 Å². The van der Waals surface area contributed by atoms with Crippen LogP contribution in [0.3, 0.4) is 0 Å². The molecule has 1 N–H and O–H groups in total. The van der Waals surface area contributed by atoms with Gasteiger partial charge in [0.05, 0.1) is 12.3 Å². The molecule has 4 rings (SSSR count). The monoisotopic (exact) mass is 410 g/mol. The van der Waals surface area contributed by atoms with E-state index in [-0.39, 0.29) is 22.6 Å². The Balaban J connectivity index is 2.05. The van der Waals surface area contributed by atoms with Crippen molar-refractivity contribution in [3.63, 3.8) is 0 Å². The van der Waals surface area contributed by atoms with Crippen molar-refractivity contribution in [1.29, 1.82) is 0 Å². The van der Waals surface area contributed by atoms with Crippen LogP contribution in [0.2, 0.25) is 0 Å². The molecule has 0 atom stereocenters. The molecule has 0 bridgehead atoms. The van der Waals surface area contributed by atoms with Crippen LogP contribution in [0, 0.1) is 10.6 Å². The maximum absolute atomic E-state index is 13.3. The van der Waals surface area contributed by atoms with Crippen LogP contribution in [0.5, 0.6) is 0 Å². The lowest BCUT2D eigenvalue weighted by Gasteiger charge is -2.07. The molecule has 0 fully saturated rings. The summed E-state index contributed by atoms with van der Waals surface area (Å²) in [6.45, 7) is 1.85. The van der Waals surface area contributed by atoms with E-state index < -0.39 is 17.5 Å². The molecule has 0 aliphatic rings. The second-order valence-corrected chi connectivity index (χ2v) is 6.46. The topological polar surface area (TPSA) is 81.4 Å². The highest BCUT2D eigenvalue weighted by Crippen LogP contribution is 2.26. The first-order valence-corrected chi connectivity index (χ1v) is 9.18. The Bertz CT molecular complexity index is 1320. The molecule has 0 unspecified atom stereocenters. The number of nitrogens with one attached hydrogen (secondary N) is 1. The molecular formula is C20H15FN4O3S. The van der Waals surface area contributed by atoms with Gasteiger partial charge in [-0.1, -0.05) is 30.3 Å². The lowest BCUT2D eigenvalue weighted by Crippen LogP contribution is -2.25. The highest BCUT2D eigenvalue weighted by Gasteiger charge is 2.24. The van der Waals surface area contributed by atoms with Crippen LogP contribution >= 0.6 is 12.2 Å². The second kappa shape index (κ2) is 7.44. The molecule has 2 aromatic heterocycles. The summed E-state index contributed by atoms with van der Waals surface area (Å²) in [5, 5.41) is 4.48. The van der Waals surface area contributed by atoms with Crippen LogP contribution in [0.1, 0.15) is 17.3 Å². The van der Waals surface area contributed by atoms with Crippen LogP contribution in [0.4, 0.5) is 4.39 Å². The highest BCUT2D eigenvalue weighted by atomic mass is 32.1. The Morgan fingerprint density at radius 1 is 1.17 bits per heavy atom. The molecule has 0 amide bonds. The number of fused-ring (bicyclic) bond motifs is 1. The summed E-state index contributed by atoms with van der Waals surface area (Å²) in [4.78, 5) is 28.1. The van der Waals surface area contributed by atoms with E-state index in [4.69, 9.17) is 17.0 Å². The van der Waals surface area contributed by atoms with Gasteiger partial charge in [-0.3, -0.25) is 4.98 Å². The molecular weight excluding hydrogens is 395 g/mol. The predicted octanol–water partition coefficient (Wildman–Crippen LogP) is 3.53.